The van der Waals surface area contributed by atoms with Crippen LogP contribution in [0.15, 0.2) is 0 Å². The summed E-state index contributed by atoms with van der Waals surface area (Å²) in [4.78, 5) is 0. The number of hydrogen-bond acceptors (Lipinski definition) is 3. The van der Waals surface area contributed by atoms with Crippen LogP contribution in [0, 0.1) is 6.42 Å². The first-order chi connectivity index (χ1) is 6.17. The molecule has 5 heteroatoms. The van der Waals surface area contributed by atoms with Crippen LogP contribution in [0.2, 0.25) is 0 Å². The minimum Gasteiger partial charge on any atom is -0.384 e. The third-order valence-electron chi connectivity index (χ3n) is 2.10. The van der Waals surface area contributed by atoms with E-state index in [1.165, 1.54) is 7.11 Å². The van der Waals surface area contributed by atoms with Crippen LogP contribution in [0.25, 0.3) is 0 Å². The molecule has 0 unspecified atom stereocenters. The molecule has 1 radical (unpaired) electrons. The fraction of sp³-hybridized carbons (Fsp3) is 0.875. The molecule has 0 spiro atoms. The molecule has 4 nitrogen and oxygen atoms in total. The molecular formula is C8H16NO3S. The van der Waals surface area contributed by atoms with Crippen molar-refractivity contribution in [2.75, 3.05) is 32.6 Å². The number of ether oxygens (including phenoxy) is 1. The second kappa shape index (κ2) is 4.93. The number of rotatable bonds is 4. The summed E-state index contributed by atoms with van der Waals surface area (Å²) in [6.07, 6.45) is 3.86. The molecule has 0 atom stereocenters. The highest BCUT2D eigenvalue weighted by molar-refractivity contribution is 7.89. The lowest BCUT2D eigenvalue weighted by Crippen LogP contribution is -2.38. The van der Waals surface area contributed by atoms with Gasteiger partial charge in [-0.1, -0.05) is 0 Å². The van der Waals surface area contributed by atoms with Gasteiger partial charge >= 0.3 is 0 Å². The molecule has 0 aromatic carbocycles. The molecule has 1 fully saturated rings. The monoisotopic (exact) mass is 206 g/mol. The Morgan fingerprint density at radius 2 is 2.00 bits per heavy atom. The Morgan fingerprint density at radius 1 is 1.38 bits per heavy atom. The van der Waals surface area contributed by atoms with E-state index in [1.807, 2.05) is 0 Å². The van der Waals surface area contributed by atoms with Crippen LogP contribution in [0.3, 0.4) is 0 Å². The van der Waals surface area contributed by atoms with Crippen molar-refractivity contribution in [2.24, 2.45) is 0 Å². The largest absolute Gasteiger partial charge is 0.384 e. The van der Waals surface area contributed by atoms with Crippen LogP contribution < -0.4 is 0 Å². The Labute approximate surface area is 79.9 Å². The highest BCUT2D eigenvalue weighted by atomic mass is 32.2. The van der Waals surface area contributed by atoms with Gasteiger partial charge in [-0.15, -0.1) is 0 Å². The van der Waals surface area contributed by atoms with Gasteiger partial charge in [0.05, 0.1) is 12.4 Å². The Bertz CT molecular complexity index is 232. The third-order valence-corrected chi connectivity index (χ3v) is 3.94. The van der Waals surface area contributed by atoms with Crippen molar-refractivity contribution in [2.45, 2.75) is 12.8 Å². The number of hydrogen-bond donors (Lipinski definition) is 0. The molecule has 0 aromatic rings. The fourth-order valence-corrected chi connectivity index (χ4v) is 2.73. The third kappa shape index (κ3) is 3.25. The van der Waals surface area contributed by atoms with Gasteiger partial charge in [0.2, 0.25) is 10.0 Å². The quantitative estimate of drug-likeness (QED) is 0.663. The zero-order valence-corrected chi connectivity index (χ0v) is 8.72. The van der Waals surface area contributed by atoms with Crippen molar-refractivity contribution in [3.8, 4) is 0 Å². The maximum atomic E-state index is 11.6. The lowest BCUT2D eigenvalue weighted by atomic mass is 10.2. The van der Waals surface area contributed by atoms with Gasteiger partial charge in [-0.25, -0.2) is 12.7 Å². The normalized spacial score (nSPS) is 20.4. The van der Waals surface area contributed by atoms with E-state index >= 15 is 0 Å². The molecule has 0 N–H and O–H groups in total. The molecule has 0 amide bonds. The van der Waals surface area contributed by atoms with E-state index in [-0.39, 0.29) is 12.4 Å². The average molecular weight is 206 g/mol. The van der Waals surface area contributed by atoms with Crippen molar-refractivity contribution in [1.82, 2.24) is 4.31 Å². The van der Waals surface area contributed by atoms with Gasteiger partial charge in [0.25, 0.3) is 0 Å². The molecule has 1 saturated heterocycles. The molecule has 0 aliphatic carbocycles. The molecule has 1 aliphatic heterocycles. The summed E-state index contributed by atoms with van der Waals surface area (Å²) < 4.78 is 29.5. The summed E-state index contributed by atoms with van der Waals surface area (Å²) in [6.45, 7) is 1.54. The fourth-order valence-electron chi connectivity index (χ4n) is 1.32. The van der Waals surface area contributed by atoms with Crippen LogP contribution in [-0.4, -0.2) is 45.3 Å². The molecule has 13 heavy (non-hydrogen) atoms. The van der Waals surface area contributed by atoms with Gasteiger partial charge in [-0.2, -0.15) is 0 Å². The van der Waals surface area contributed by atoms with Gasteiger partial charge in [-0.3, -0.25) is 0 Å². The number of methoxy groups -OCH3 is 1. The molecule has 1 aliphatic rings. The highest BCUT2D eigenvalue weighted by Crippen LogP contribution is 2.12. The summed E-state index contributed by atoms with van der Waals surface area (Å²) >= 11 is 0. The van der Waals surface area contributed by atoms with E-state index in [1.54, 1.807) is 4.31 Å². The van der Waals surface area contributed by atoms with E-state index in [2.05, 4.69) is 6.42 Å². The summed E-state index contributed by atoms with van der Waals surface area (Å²) in [5.74, 6) is 0.101. The highest BCUT2D eigenvalue weighted by Gasteiger charge is 2.23. The van der Waals surface area contributed by atoms with Crippen molar-refractivity contribution in [1.29, 1.82) is 0 Å². The summed E-state index contributed by atoms with van der Waals surface area (Å²) in [6, 6.07) is 0. The Hall–Kier alpha value is -0.130. The van der Waals surface area contributed by atoms with Gasteiger partial charge in [-0.05, 0) is 19.3 Å². The topological polar surface area (TPSA) is 46.6 Å². The lowest BCUT2D eigenvalue weighted by Gasteiger charge is -2.25. The maximum Gasteiger partial charge on any atom is 0.216 e. The minimum absolute atomic E-state index is 0.101. The summed E-state index contributed by atoms with van der Waals surface area (Å²) in [7, 11) is -1.54. The van der Waals surface area contributed by atoms with Crippen LogP contribution in [0.5, 0.6) is 0 Å². The van der Waals surface area contributed by atoms with E-state index in [0.717, 1.165) is 12.8 Å². The molecular weight excluding hydrogens is 190 g/mol. The van der Waals surface area contributed by atoms with E-state index < -0.39 is 10.0 Å². The van der Waals surface area contributed by atoms with Gasteiger partial charge in [0.15, 0.2) is 0 Å². The average Bonchev–Trinajstić information content (AvgIpc) is 2.16. The number of nitrogens with zero attached hydrogens (tertiary/aromatic N) is 1. The molecule has 77 valence electrons. The van der Waals surface area contributed by atoms with Gasteiger partial charge in [0, 0.05) is 20.2 Å². The SMILES string of the molecule is COCCS(=O)(=O)N1CC[CH]CC1. The summed E-state index contributed by atoms with van der Waals surface area (Å²) in [5, 5.41) is 0. The molecule has 0 saturated carbocycles. The predicted octanol–water partition coefficient (Wildman–Crippen LogP) is 0.263. The second-order valence-corrected chi connectivity index (χ2v) is 5.16. The number of piperidine rings is 1. The lowest BCUT2D eigenvalue weighted by molar-refractivity contribution is 0.215. The predicted molar refractivity (Wildman–Crippen MR) is 50.8 cm³/mol. The molecule has 1 rings (SSSR count). The van der Waals surface area contributed by atoms with Gasteiger partial charge < -0.3 is 4.74 Å². The zero-order chi connectivity index (χ0) is 9.73. The van der Waals surface area contributed by atoms with E-state index in [0.29, 0.717) is 13.1 Å². The first-order valence-corrected chi connectivity index (χ1v) is 6.06. The Balaban J connectivity index is 2.47. The Morgan fingerprint density at radius 3 is 2.54 bits per heavy atom. The minimum atomic E-state index is -3.06. The number of sulfonamides is 1. The first kappa shape index (κ1) is 10.9. The second-order valence-electron chi connectivity index (χ2n) is 3.07. The Kier molecular flexibility index (Phi) is 4.15. The van der Waals surface area contributed by atoms with Crippen LogP contribution >= 0.6 is 0 Å². The van der Waals surface area contributed by atoms with Crippen LogP contribution in [-0.2, 0) is 14.8 Å². The van der Waals surface area contributed by atoms with Crippen molar-refractivity contribution < 1.29 is 13.2 Å². The molecule has 0 bridgehead atoms. The molecule has 1 heterocycles. The summed E-state index contributed by atoms with van der Waals surface area (Å²) in [5.41, 5.74) is 0. The van der Waals surface area contributed by atoms with E-state index in [9.17, 15) is 8.42 Å². The van der Waals surface area contributed by atoms with Gasteiger partial charge in [0.1, 0.15) is 0 Å². The smallest absolute Gasteiger partial charge is 0.216 e. The van der Waals surface area contributed by atoms with Crippen molar-refractivity contribution >= 4 is 10.0 Å². The van der Waals surface area contributed by atoms with Crippen LogP contribution in [0.1, 0.15) is 12.8 Å². The molecule has 0 aromatic heterocycles. The first-order valence-electron chi connectivity index (χ1n) is 4.45. The van der Waals surface area contributed by atoms with Crippen molar-refractivity contribution in [3.05, 3.63) is 6.42 Å². The van der Waals surface area contributed by atoms with Crippen LogP contribution in [0.4, 0.5) is 0 Å². The standard InChI is InChI=1S/C8H16NO3S/c1-12-7-8-13(10,11)9-5-3-2-4-6-9/h2H,3-8H2,1H3. The van der Waals surface area contributed by atoms with Crippen molar-refractivity contribution in [3.63, 3.8) is 0 Å². The van der Waals surface area contributed by atoms with E-state index in [4.69, 9.17) is 4.74 Å². The zero-order valence-electron chi connectivity index (χ0n) is 7.90. The maximum absolute atomic E-state index is 11.6.